The number of likely N-dealkylation sites (N-methyl/N-ethyl adjacent to an activating group) is 2. The van der Waals surface area contributed by atoms with Crippen LogP contribution in [0.5, 0.6) is 0 Å². The zero-order valence-corrected chi connectivity index (χ0v) is 17.5. The van der Waals surface area contributed by atoms with E-state index in [0.29, 0.717) is 0 Å². The van der Waals surface area contributed by atoms with E-state index in [1.54, 1.807) is 14.1 Å². The van der Waals surface area contributed by atoms with E-state index in [-0.39, 0.29) is 42.9 Å². The van der Waals surface area contributed by atoms with Crippen LogP contribution < -0.4 is 15.5 Å². The fraction of sp³-hybridized carbons (Fsp3) is 0.550. The Morgan fingerprint density at radius 3 is 2.30 bits per heavy atom. The number of hydrogen-bond donors (Lipinski definition) is 3. The van der Waals surface area contributed by atoms with Crippen molar-refractivity contribution in [3.63, 3.8) is 0 Å². The van der Waals surface area contributed by atoms with Gasteiger partial charge in [-0.25, -0.2) is 0 Å². The van der Waals surface area contributed by atoms with Crippen molar-refractivity contribution in [1.82, 2.24) is 10.2 Å². The normalized spacial score (nSPS) is 12.3. The third-order valence-electron chi connectivity index (χ3n) is 3.90. The summed E-state index contributed by atoms with van der Waals surface area (Å²) in [6, 6.07) is 5.83. The van der Waals surface area contributed by atoms with Crippen LogP contribution in [0.3, 0.4) is 0 Å². The van der Waals surface area contributed by atoms with Crippen molar-refractivity contribution in [3.05, 3.63) is 29.3 Å². The summed E-state index contributed by atoms with van der Waals surface area (Å²) in [5.41, 5.74) is 2.47. The van der Waals surface area contributed by atoms with Crippen molar-refractivity contribution in [2.45, 2.75) is 40.2 Å². The van der Waals surface area contributed by atoms with Gasteiger partial charge in [0.1, 0.15) is 0 Å². The van der Waals surface area contributed by atoms with E-state index >= 15 is 0 Å². The second-order valence-corrected chi connectivity index (χ2v) is 8.23. The Balaban J connectivity index is 2.50. The van der Waals surface area contributed by atoms with E-state index in [2.05, 4.69) is 10.6 Å². The smallest absolute Gasteiger partial charge is 0.277 e. The molecule has 7 nitrogen and oxygen atoms in total. The molecule has 0 saturated heterocycles. The SMILES string of the molecule is Cc1ccc(C)c(NC(=O)CN(C)C(=O)C[NH+](C)CC(=O)NC(C)(C)C)c1. The first-order valence-electron chi connectivity index (χ1n) is 9.11. The maximum absolute atomic E-state index is 12.3. The van der Waals surface area contributed by atoms with Crippen LogP contribution >= 0.6 is 0 Å². The molecule has 1 atom stereocenters. The lowest BCUT2D eigenvalue weighted by molar-refractivity contribution is -0.863. The Morgan fingerprint density at radius 2 is 1.70 bits per heavy atom. The summed E-state index contributed by atoms with van der Waals surface area (Å²) in [7, 11) is 3.37. The molecule has 0 radical (unpaired) electrons. The van der Waals surface area contributed by atoms with Crippen molar-refractivity contribution in [1.29, 1.82) is 0 Å². The minimum atomic E-state index is -0.301. The average Bonchev–Trinajstić information content (AvgIpc) is 2.48. The summed E-state index contributed by atoms with van der Waals surface area (Å²) in [6.45, 7) is 9.92. The number of carbonyl (C=O) groups excluding carboxylic acids is 3. The fourth-order valence-electron chi connectivity index (χ4n) is 2.56. The Hall–Kier alpha value is -2.41. The molecule has 1 unspecified atom stereocenters. The third-order valence-corrected chi connectivity index (χ3v) is 3.90. The molecule has 27 heavy (non-hydrogen) atoms. The highest BCUT2D eigenvalue weighted by atomic mass is 16.2. The van der Waals surface area contributed by atoms with Crippen molar-refractivity contribution in [2.24, 2.45) is 0 Å². The van der Waals surface area contributed by atoms with Crippen LogP contribution in [-0.4, -0.2) is 61.9 Å². The van der Waals surface area contributed by atoms with Crippen molar-refractivity contribution >= 4 is 23.4 Å². The fourth-order valence-corrected chi connectivity index (χ4v) is 2.56. The molecule has 0 aliphatic rings. The lowest BCUT2D eigenvalue weighted by Crippen LogP contribution is -3.11. The predicted octanol–water partition coefficient (Wildman–Crippen LogP) is 0.130. The van der Waals surface area contributed by atoms with Gasteiger partial charge in [0, 0.05) is 18.3 Å². The lowest BCUT2D eigenvalue weighted by atomic mass is 10.1. The topological polar surface area (TPSA) is 83.0 Å². The Labute approximate surface area is 162 Å². The molecule has 3 N–H and O–H groups in total. The molecule has 0 bridgehead atoms. The molecular weight excluding hydrogens is 344 g/mol. The maximum Gasteiger partial charge on any atom is 0.277 e. The Morgan fingerprint density at radius 1 is 1.07 bits per heavy atom. The van der Waals surface area contributed by atoms with E-state index in [0.717, 1.165) is 21.7 Å². The summed E-state index contributed by atoms with van der Waals surface area (Å²) < 4.78 is 0. The zero-order chi connectivity index (χ0) is 20.8. The Kier molecular flexibility index (Phi) is 7.97. The van der Waals surface area contributed by atoms with Crippen LogP contribution in [0.4, 0.5) is 5.69 Å². The second kappa shape index (κ2) is 9.50. The molecular formula is C20H33N4O3+. The number of amides is 3. The van der Waals surface area contributed by atoms with Crippen molar-refractivity contribution in [3.8, 4) is 0 Å². The minimum Gasteiger partial charge on any atom is -0.347 e. The average molecular weight is 378 g/mol. The molecule has 0 aromatic heterocycles. The third kappa shape index (κ3) is 8.68. The summed E-state index contributed by atoms with van der Waals surface area (Å²) >= 11 is 0. The van der Waals surface area contributed by atoms with Gasteiger partial charge in [-0.05, 0) is 51.8 Å². The van der Waals surface area contributed by atoms with Crippen LogP contribution in [0.25, 0.3) is 0 Å². The van der Waals surface area contributed by atoms with Gasteiger partial charge in [0.2, 0.25) is 5.91 Å². The van der Waals surface area contributed by atoms with Gasteiger partial charge in [-0.2, -0.15) is 0 Å². The van der Waals surface area contributed by atoms with E-state index < -0.39 is 0 Å². The van der Waals surface area contributed by atoms with Gasteiger partial charge in [0.15, 0.2) is 13.1 Å². The number of nitrogens with zero attached hydrogens (tertiary/aromatic N) is 1. The Bertz CT molecular complexity index is 695. The molecule has 1 aromatic rings. The highest BCUT2D eigenvalue weighted by Crippen LogP contribution is 2.16. The summed E-state index contributed by atoms with van der Waals surface area (Å²) in [4.78, 5) is 38.6. The molecule has 150 valence electrons. The van der Waals surface area contributed by atoms with Crippen molar-refractivity contribution < 1.29 is 19.3 Å². The van der Waals surface area contributed by atoms with E-state index in [1.807, 2.05) is 52.8 Å². The molecule has 0 spiro atoms. The second-order valence-electron chi connectivity index (χ2n) is 8.23. The number of anilines is 1. The standard InChI is InChI=1S/C20H32N4O3/c1-14-8-9-15(2)16(10-14)21-17(25)12-24(7)19(27)13-23(6)11-18(26)22-20(3,4)5/h8-10H,11-13H2,1-7H3,(H,21,25)(H,22,26)/p+1. The molecule has 7 heteroatoms. The van der Waals surface area contributed by atoms with Crippen LogP contribution in [0.1, 0.15) is 31.9 Å². The van der Waals surface area contributed by atoms with E-state index in [4.69, 9.17) is 0 Å². The summed E-state index contributed by atoms with van der Waals surface area (Å²) in [5.74, 6) is -0.544. The predicted molar refractivity (Wildman–Crippen MR) is 107 cm³/mol. The van der Waals surface area contributed by atoms with Gasteiger partial charge in [-0.3, -0.25) is 14.4 Å². The van der Waals surface area contributed by atoms with Crippen LogP contribution in [-0.2, 0) is 14.4 Å². The largest absolute Gasteiger partial charge is 0.347 e. The molecule has 0 aliphatic heterocycles. The number of rotatable bonds is 7. The van der Waals surface area contributed by atoms with Gasteiger partial charge < -0.3 is 20.4 Å². The van der Waals surface area contributed by atoms with Gasteiger partial charge in [-0.1, -0.05) is 12.1 Å². The van der Waals surface area contributed by atoms with Gasteiger partial charge in [0.05, 0.1) is 13.6 Å². The van der Waals surface area contributed by atoms with Gasteiger partial charge >= 0.3 is 0 Å². The summed E-state index contributed by atoms with van der Waals surface area (Å²) in [6.07, 6.45) is 0. The van der Waals surface area contributed by atoms with Gasteiger partial charge in [0.25, 0.3) is 11.8 Å². The highest BCUT2D eigenvalue weighted by Gasteiger charge is 2.21. The van der Waals surface area contributed by atoms with Crippen LogP contribution in [0, 0.1) is 13.8 Å². The van der Waals surface area contributed by atoms with Crippen molar-refractivity contribution in [2.75, 3.05) is 39.0 Å². The minimum absolute atomic E-state index is 0.0340. The number of aryl methyl sites for hydroxylation is 2. The number of nitrogens with one attached hydrogen (secondary N) is 3. The van der Waals surface area contributed by atoms with E-state index in [9.17, 15) is 14.4 Å². The zero-order valence-electron chi connectivity index (χ0n) is 17.5. The summed E-state index contributed by atoms with van der Waals surface area (Å²) in [5, 5.41) is 5.72. The first-order chi connectivity index (χ1) is 12.4. The molecule has 3 amide bonds. The first-order valence-corrected chi connectivity index (χ1v) is 9.11. The number of benzene rings is 1. The van der Waals surface area contributed by atoms with E-state index in [1.165, 1.54) is 4.90 Å². The maximum atomic E-state index is 12.3. The van der Waals surface area contributed by atoms with Gasteiger partial charge in [-0.15, -0.1) is 0 Å². The molecule has 0 aliphatic carbocycles. The highest BCUT2D eigenvalue weighted by molar-refractivity contribution is 5.95. The monoisotopic (exact) mass is 377 g/mol. The molecule has 1 rings (SSSR count). The van der Waals surface area contributed by atoms with Crippen LogP contribution in [0.2, 0.25) is 0 Å². The number of hydrogen-bond acceptors (Lipinski definition) is 3. The molecule has 1 aromatic carbocycles. The quantitative estimate of drug-likeness (QED) is 0.632. The number of quaternary nitrogens is 1. The number of carbonyl (C=O) groups is 3. The molecule has 0 fully saturated rings. The molecule has 0 heterocycles. The van der Waals surface area contributed by atoms with Crippen LogP contribution in [0.15, 0.2) is 18.2 Å². The lowest BCUT2D eigenvalue weighted by Gasteiger charge is -2.23. The molecule has 0 saturated carbocycles. The first kappa shape index (κ1) is 22.6.